The number of hydrogen-bond donors (Lipinski definition) is 1. The highest BCUT2D eigenvalue weighted by molar-refractivity contribution is 7.98. The lowest BCUT2D eigenvalue weighted by Gasteiger charge is -2.12. The first kappa shape index (κ1) is 20.7. The van der Waals surface area contributed by atoms with E-state index in [1.165, 1.54) is 11.8 Å². The smallest absolute Gasteiger partial charge is 0.255 e. The van der Waals surface area contributed by atoms with Gasteiger partial charge in [0, 0.05) is 11.3 Å². The van der Waals surface area contributed by atoms with Crippen LogP contribution in [0.2, 0.25) is 0 Å². The van der Waals surface area contributed by atoms with Crippen LogP contribution in [0.25, 0.3) is 5.69 Å². The number of methoxy groups -OCH3 is 1. The molecule has 1 aromatic heterocycles. The summed E-state index contributed by atoms with van der Waals surface area (Å²) in [7, 11) is 1.56. The van der Waals surface area contributed by atoms with Gasteiger partial charge < -0.3 is 14.8 Å². The molecule has 0 saturated heterocycles. The maximum Gasteiger partial charge on any atom is 0.255 e. The Balaban J connectivity index is 1.76. The van der Waals surface area contributed by atoms with E-state index in [2.05, 4.69) is 27.8 Å². The summed E-state index contributed by atoms with van der Waals surface area (Å²) >= 11 is 1.44. The average Bonchev–Trinajstić information content (AvgIpc) is 3.23. The topological polar surface area (TPSA) is 91.2 Å². The van der Waals surface area contributed by atoms with Crippen molar-refractivity contribution in [3.8, 4) is 17.2 Å². The molecule has 0 aliphatic rings. The van der Waals surface area contributed by atoms with Crippen molar-refractivity contribution in [2.24, 2.45) is 0 Å². The van der Waals surface area contributed by atoms with Crippen LogP contribution < -0.4 is 14.8 Å². The van der Waals surface area contributed by atoms with Gasteiger partial charge in [-0.1, -0.05) is 31.2 Å². The number of amides is 1. The van der Waals surface area contributed by atoms with Crippen LogP contribution in [0.15, 0.2) is 47.6 Å². The maximum atomic E-state index is 12.7. The third-order valence-electron chi connectivity index (χ3n) is 4.15. The van der Waals surface area contributed by atoms with Gasteiger partial charge in [0.05, 0.1) is 19.4 Å². The quantitative estimate of drug-likeness (QED) is 0.421. The number of carbonyl (C=O) groups is 1. The minimum atomic E-state index is -0.248. The first-order chi connectivity index (χ1) is 14.2. The minimum absolute atomic E-state index is 0.248. The first-order valence-electron chi connectivity index (χ1n) is 9.21. The number of nitrogens with zero attached hydrogens (tertiary/aromatic N) is 4. The number of hydrogen-bond acceptors (Lipinski definition) is 7. The summed E-state index contributed by atoms with van der Waals surface area (Å²) in [5, 5.41) is 15.2. The number of anilines is 1. The summed E-state index contributed by atoms with van der Waals surface area (Å²) in [5.74, 6) is 0.908. The second kappa shape index (κ2) is 9.92. The Labute approximate surface area is 173 Å². The van der Waals surface area contributed by atoms with Gasteiger partial charge in [0.1, 0.15) is 0 Å². The van der Waals surface area contributed by atoms with Crippen LogP contribution in [0.4, 0.5) is 5.69 Å². The third-order valence-corrected chi connectivity index (χ3v) is 4.77. The summed E-state index contributed by atoms with van der Waals surface area (Å²) in [6, 6.07) is 12.5. The standard InChI is InChI=1S/C20H23N5O3S/c1-4-5-11-28-17-10-9-14(12-18(17)27-2)19(26)21-15-7-6-8-16(13-15)25-20(29-3)22-23-24-25/h6-10,12-13H,4-5,11H2,1-3H3,(H,21,26). The number of nitrogens with one attached hydrogen (secondary N) is 1. The van der Waals surface area contributed by atoms with Crippen LogP contribution in [0.1, 0.15) is 30.1 Å². The van der Waals surface area contributed by atoms with Crippen molar-refractivity contribution in [3.63, 3.8) is 0 Å². The molecule has 0 aliphatic carbocycles. The van der Waals surface area contributed by atoms with Crippen molar-refractivity contribution in [2.75, 3.05) is 25.3 Å². The van der Waals surface area contributed by atoms with Crippen LogP contribution >= 0.6 is 11.8 Å². The summed E-state index contributed by atoms with van der Waals surface area (Å²) in [5.41, 5.74) is 1.87. The molecule has 29 heavy (non-hydrogen) atoms. The van der Waals surface area contributed by atoms with Crippen LogP contribution in [-0.2, 0) is 0 Å². The van der Waals surface area contributed by atoms with E-state index in [9.17, 15) is 4.79 Å². The van der Waals surface area contributed by atoms with E-state index < -0.39 is 0 Å². The Kier molecular flexibility index (Phi) is 7.07. The first-order valence-corrected chi connectivity index (χ1v) is 10.4. The van der Waals surface area contributed by atoms with Gasteiger partial charge in [-0.2, -0.15) is 4.68 Å². The predicted molar refractivity (Wildman–Crippen MR) is 112 cm³/mol. The van der Waals surface area contributed by atoms with Crippen molar-refractivity contribution in [2.45, 2.75) is 24.9 Å². The average molecular weight is 414 g/mol. The fraction of sp³-hybridized carbons (Fsp3) is 0.300. The second-order valence-corrected chi connectivity index (χ2v) is 6.92. The number of tetrazole rings is 1. The zero-order valence-electron chi connectivity index (χ0n) is 16.6. The number of aromatic nitrogens is 4. The van der Waals surface area contributed by atoms with Crippen LogP contribution in [0, 0.1) is 0 Å². The molecule has 0 aliphatic heterocycles. The molecule has 1 N–H and O–H groups in total. The van der Waals surface area contributed by atoms with Crippen LogP contribution in [0.5, 0.6) is 11.5 Å². The molecule has 152 valence electrons. The second-order valence-electron chi connectivity index (χ2n) is 6.15. The lowest BCUT2D eigenvalue weighted by molar-refractivity contribution is 0.102. The molecule has 1 amide bonds. The van der Waals surface area contributed by atoms with Crippen molar-refractivity contribution >= 4 is 23.4 Å². The van der Waals surface area contributed by atoms with E-state index >= 15 is 0 Å². The summed E-state index contributed by atoms with van der Waals surface area (Å²) in [4.78, 5) is 12.7. The molecule has 1 heterocycles. The van der Waals surface area contributed by atoms with Gasteiger partial charge in [0.2, 0.25) is 5.16 Å². The Hall–Kier alpha value is -3.07. The molecular formula is C20H23N5O3S. The fourth-order valence-electron chi connectivity index (χ4n) is 2.64. The van der Waals surface area contributed by atoms with E-state index in [-0.39, 0.29) is 5.91 Å². The Morgan fingerprint density at radius 3 is 2.83 bits per heavy atom. The van der Waals surface area contributed by atoms with Crippen LogP contribution in [0.3, 0.4) is 0 Å². The Morgan fingerprint density at radius 2 is 2.07 bits per heavy atom. The van der Waals surface area contributed by atoms with E-state index in [0.29, 0.717) is 34.5 Å². The molecule has 2 aromatic carbocycles. The Morgan fingerprint density at radius 1 is 1.21 bits per heavy atom. The van der Waals surface area contributed by atoms with E-state index in [1.807, 2.05) is 30.5 Å². The van der Waals surface area contributed by atoms with Gasteiger partial charge in [-0.25, -0.2) is 0 Å². The van der Waals surface area contributed by atoms with Crippen molar-refractivity contribution in [1.82, 2.24) is 20.2 Å². The summed E-state index contributed by atoms with van der Waals surface area (Å²) < 4.78 is 12.7. The third kappa shape index (κ3) is 5.05. The zero-order valence-corrected chi connectivity index (χ0v) is 17.4. The predicted octanol–water partition coefficient (Wildman–Crippen LogP) is 3.82. The van der Waals surface area contributed by atoms with E-state index in [1.54, 1.807) is 30.0 Å². The van der Waals surface area contributed by atoms with Gasteiger partial charge in [-0.3, -0.25) is 4.79 Å². The molecular weight excluding hydrogens is 390 g/mol. The van der Waals surface area contributed by atoms with E-state index in [0.717, 1.165) is 18.5 Å². The normalized spacial score (nSPS) is 10.6. The number of benzene rings is 2. The molecule has 9 heteroatoms. The van der Waals surface area contributed by atoms with Crippen molar-refractivity contribution in [3.05, 3.63) is 48.0 Å². The number of carbonyl (C=O) groups excluding carboxylic acids is 1. The molecule has 0 fully saturated rings. The lowest BCUT2D eigenvalue weighted by Crippen LogP contribution is -2.12. The molecule has 0 radical (unpaired) electrons. The number of unbranched alkanes of at least 4 members (excludes halogenated alkanes) is 1. The van der Waals surface area contributed by atoms with Crippen molar-refractivity contribution in [1.29, 1.82) is 0 Å². The largest absolute Gasteiger partial charge is 0.493 e. The minimum Gasteiger partial charge on any atom is -0.493 e. The summed E-state index contributed by atoms with van der Waals surface area (Å²) in [6.07, 6.45) is 3.91. The lowest BCUT2D eigenvalue weighted by atomic mass is 10.1. The summed E-state index contributed by atoms with van der Waals surface area (Å²) in [6.45, 7) is 2.71. The highest BCUT2D eigenvalue weighted by Gasteiger charge is 2.13. The number of ether oxygens (including phenoxy) is 2. The molecule has 0 bridgehead atoms. The van der Waals surface area contributed by atoms with Crippen molar-refractivity contribution < 1.29 is 14.3 Å². The maximum absolute atomic E-state index is 12.7. The Bertz CT molecular complexity index is 976. The number of rotatable bonds is 9. The molecule has 8 nitrogen and oxygen atoms in total. The molecule has 0 spiro atoms. The van der Waals surface area contributed by atoms with Gasteiger partial charge in [-0.15, -0.1) is 5.10 Å². The monoisotopic (exact) mass is 413 g/mol. The highest BCUT2D eigenvalue weighted by atomic mass is 32.2. The highest BCUT2D eigenvalue weighted by Crippen LogP contribution is 2.29. The van der Waals surface area contributed by atoms with Crippen LogP contribution in [-0.4, -0.2) is 46.1 Å². The molecule has 0 saturated carbocycles. The fourth-order valence-corrected chi connectivity index (χ4v) is 3.07. The SMILES string of the molecule is CCCCOc1ccc(C(=O)Nc2cccc(-n3nnnc3SC)c2)cc1OC. The van der Waals surface area contributed by atoms with E-state index in [4.69, 9.17) is 9.47 Å². The molecule has 0 unspecified atom stereocenters. The van der Waals surface area contributed by atoms with Gasteiger partial charge in [0.25, 0.3) is 5.91 Å². The van der Waals surface area contributed by atoms with Gasteiger partial charge in [-0.05, 0) is 59.5 Å². The molecule has 0 atom stereocenters. The molecule has 3 aromatic rings. The van der Waals surface area contributed by atoms with Gasteiger partial charge in [0.15, 0.2) is 11.5 Å². The number of thioether (sulfide) groups is 1. The zero-order chi connectivity index (χ0) is 20.6. The molecule has 3 rings (SSSR count). The van der Waals surface area contributed by atoms with Gasteiger partial charge >= 0.3 is 0 Å².